The molecule has 0 spiro atoms. The molecule has 0 aliphatic heterocycles. The minimum absolute atomic E-state index is 0.0313. The van der Waals surface area contributed by atoms with Crippen molar-refractivity contribution in [2.45, 2.75) is 39.5 Å². The first-order valence-corrected chi connectivity index (χ1v) is 8.21. The Hall–Kier alpha value is -0.330. The average molecular weight is 382 g/mol. The van der Waals surface area contributed by atoms with Gasteiger partial charge in [-0.1, -0.05) is 49.3 Å². The van der Waals surface area contributed by atoms with E-state index >= 15 is 0 Å². The monoisotopic (exact) mass is 382 g/mol. The predicted octanol–water partition coefficient (Wildman–Crippen LogP) is 2.97. The standard InChI is InChI=1S/C14H23IO4/c1-5-13(6-2)9-14(11(16)18-3,12(17)19-4)7-10(13)8-15/h10H,5-9H2,1-4H3. The summed E-state index contributed by atoms with van der Waals surface area (Å²) in [6.45, 7) is 4.26. The fraction of sp³-hybridized carbons (Fsp3) is 0.857. The minimum Gasteiger partial charge on any atom is -0.468 e. The summed E-state index contributed by atoms with van der Waals surface area (Å²) in [6.07, 6.45) is 3.01. The lowest BCUT2D eigenvalue weighted by Gasteiger charge is -2.33. The van der Waals surface area contributed by atoms with Crippen LogP contribution in [0.1, 0.15) is 39.5 Å². The summed E-state index contributed by atoms with van der Waals surface area (Å²) in [7, 11) is 2.67. The van der Waals surface area contributed by atoms with Gasteiger partial charge in [0, 0.05) is 4.43 Å². The lowest BCUT2D eigenvalue weighted by atomic mass is 9.73. The SMILES string of the molecule is CCC1(CC)CC(C(=O)OC)(C(=O)OC)CC1CI. The predicted molar refractivity (Wildman–Crippen MR) is 81.1 cm³/mol. The highest BCUT2D eigenvalue weighted by Gasteiger charge is 2.61. The fourth-order valence-corrected chi connectivity index (χ4v) is 4.78. The Kier molecular flexibility index (Phi) is 5.65. The van der Waals surface area contributed by atoms with E-state index in [2.05, 4.69) is 36.4 Å². The molecule has 0 aromatic carbocycles. The van der Waals surface area contributed by atoms with E-state index in [4.69, 9.17) is 9.47 Å². The number of hydrogen-bond donors (Lipinski definition) is 0. The van der Waals surface area contributed by atoms with E-state index in [1.54, 1.807) is 0 Å². The summed E-state index contributed by atoms with van der Waals surface area (Å²) in [6, 6.07) is 0. The number of methoxy groups -OCH3 is 2. The molecule has 0 radical (unpaired) electrons. The molecule has 1 aliphatic rings. The zero-order valence-electron chi connectivity index (χ0n) is 12.1. The first-order chi connectivity index (χ1) is 8.96. The molecule has 0 amide bonds. The maximum atomic E-state index is 12.2. The second-order valence-electron chi connectivity index (χ2n) is 5.37. The van der Waals surface area contributed by atoms with Gasteiger partial charge in [0.1, 0.15) is 0 Å². The topological polar surface area (TPSA) is 52.6 Å². The minimum atomic E-state index is -1.11. The number of esters is 2. The maximum Gasteiger partial charge on any atom is 0.323 e. The van der Waals surface area contributed by atoms with Gasteiger partial charge in [-0.2, -0.15) is 0 Å². The highest BCUT2D eigenvalue weighted by Crippen LogP contribution is 2.58. The Balaban J connectivity index is 3.23. The van der Waals surface area contributed by atoms with Gasteiger partial charge in [-0.3, -0.25) is 9.59 Å². The Morgan fingerprint density at radius 2 is 1.63 bits per heavy atom. The molecule has 1 fully saturated rings. The third kappa shape index (κ3) is 2.62. The van der Waals surface area contributed by atoms with Crippen molar-refractivity contribution in [3.8, 4) is 0 Å². The normalized spacial score (nSPS) is 23.9. The van der Waals surface area contributed by atoms with E-state index < -0.39 is 17.4 Å². The van der Waals surface area contributed by atoms with E-state index in [1.165, 1.54) is 14.2 Å². The summed E-state index contributed by atoms with van der Waals surface area (Å²) in [5.41, 5.74) is -1.07. The Morgan fingerprint density at radius 3 is 1.89 bits per heavy atom. The van der Waals surface area contributed by atoms with Crippen LogP contribution < -0.4 is 0 Å². The van der Waals surface area contributed by atoms with Crippen LogP contribution in [0.25, 0.3) is 0 Å². The molecule has 19 heavy (non-hydrogen) atoms. The molecule has 1 rings (SSSR count). The molecule has 0 heterocycles. The smallest absolute Gasteiger partial charge is 0.323 e. The van der Waals surface area contributed by atoms with Crippen molar-refractivity contribution in [1.82, 2.24) is 0 Å². The second-order valence-corrected chi connectivity index (χ2v) is 6.25. The van der Waals surface area contributed by atoms with E-state index in [0.717, 1.165) is 17.3 Å². The molecule has 1 atom stereocenters. The van der Waals surface area contributed by atoms with Crippen LogP contribution in [0.4, 0.5) is 0 Å². The molecule has 0 bridgehead atoms. The number of hydrogen-bond acceptors (Lipinski definition) is 4. The van der Waals surface area contributed by atoms with Crippen molar-refractivity contribution >= 4 is 34.5 Å². The van der Waals surface area contributed by atoms with E-state index in [-0.39, 0.29) is 5.41 Å². The average Bonchev–Trinajstić information content (AvgIpc) is 2.81. The summed E-state index contributed by atoms with van der Waals surface area (Å²) in [5, 5.41) is 0. The molecule has 4 nitrogen and oxygen atoms in total. The molecule has 1 unspecified atom stereocenters. The molecule has 0 saturated heterocycles. The van der Waals surface area contributed by atoms with E-state index in [9.17, 15) is 9.59 Å². The van der Waals surface area contributed by atoms with Crippen molar-refractivity contribution in [2.75, 3.05) is 18.6 Å². The van der Waals surface area contributed by atoms with Crippen LogP contribution in [0.15, 0.2) is 0 Å². The van der Waals surface area contributed by atoms with Crippen LogP contribution in [-0.2, 0) is 19.1 Å². The number of rotatable bonds is 5. The van der Waals surface area contributed by atoms with Gasteiger partial charge in [-0.05, 0) is 24.2 Å². The van der Waals surface area contributed by atoms with Crippen LogP contribution in [0, 0.1) is 16.7 Å². The zero-order chi connectivity index (χ0) is 14.7. The Bertz CT molecular complexity index is 333. The first-order valence-electron chi connectivity index (χ1n) is 6.69. The molecule has 0 aromatic rings. The van der Waals surface area contributed by atoms with Gasteiger partial charge >= 0.3 is 11.9 Å². The van der Waals surface area contributed by atoms with E-state index in [1.807, 2.05) is 0 Å². The molecular formula is C14H23IO4. The highest BCUT2D eigenvalue weighted by atomic mass is 127. The number of ether oxygens (including phenoxy) is 2. The zero-order valence-corrected chi connectivity index (χ0v) is 14.3. The third-order valence-corrected chi connectivity index (χ3v) is 5.92. The van der Waals surface area contributed by atoms with Gasteiger partial charge in [-0.15, -0.1) is 0 Å². The third-order valence-electron chi connectivity index (χ3n) is 4.86. The molecule has 5 heteroatoms. The van der Waals surface area contributed by atoms with Crippen LogP contribution in [0.5, 0.6) is 0 Å². The van der Waals surface area contributed by atoms with Crippen LogP contribution in [-0.4, -0.2) is 30.6 Å². The van der Waals surface area contributed by atoms with Crippen molar-refractivity contribution in [1.29, 1.82) is 0 Å². The van der Waals surface area contributed by atoms with E-state index in [0.29, 0.717) is 18.8 Å². The van der Waals surface area contributed by atoms with Gasteiger partial charge in [0.15, 0.2) is 5.41 Å². The summed E-state index contributed by atoms with van der Waals surface area (Å²) < 4.78 is 10.7. The van der Waals surface area contributed by atoms with Gasteiger partial charge in [0.2, 0.25) is 0 Å². The van der Waals surface area contributed by atoms with Crippen LogP contribution in [0.3, 0.4) is 0 Å². The summed E-state index contributed by atoms with van der Waals surface area (Å²) in [5.74, 6) is -0.544. The van der Waals surface area contributed by atoms with Crippen LogP contribution >= 0.6 is 22.6 Å². The summed E-state index contributed by atoms with van der Waals surface area (Å²) >= 11 is 2.34. The first kappa shape index (κ1) is 16.7. The molecule has 1 aliphatic carbocycles. The van der Waals surface area contributed by atoms with Crippen molar-refractivity contribution in [3.63, 3.8) is 0 Å². The molecule has 0 N–H and O–H groups in total. The number of carbonyl (C=O) groups is 2. The van der Waals surface area contributed by atoms with Gasteiger partial charge in [-0.25, -0.2) is 0 Å². The fourth-order valence-electron chi connectivity index (χ4n) is 3.54. The Labute approximate surface area is 128 Å². The van der Waals surface area contributed by atoms with Gasteiger partial charge < -0.3 is 9.47 Å². The number of carbonyl (C=O) groups excluding carboxylic acids is 2. The second kappa shape index (κ2) is 6.41. The van der Waals surface area contributed by atoms with Crippen molar-refractivity contribution < 1.29 is 19.1 Å². The van der Waals surface area contributed by atoms with Gasteiger partial charge in [0.05, 0.1) is 14.2 Å². The Morgan fingerprint density at radius 1 is 1.16 bits per heavy atom. The molecule has 0 aromatic heterocycles. The van der Waals surface area contributed by atoms with Crippen molar-refractivity contribution in [2.24, 2.45) is 16.7 Å². The molecular weight excluding hydrogens is 359 g/mol. The number of halogens is 1. The summed E-state index contributed by atoms with van der Waals surface area (Å²) in [4.78, 5) is 24.4. The quantitative estimate of drug-likeness (QED) is 0.318. The lowest BCUT2D eigenvalue weighted by Crippen LogP contribution is -2.40. The van der Waals surface area contributed by atoms with Crippen molar-refractivity contribution in [3.05, 3.63) is 0 Å². The number of alkyl halides is 1. The molecule has 1 saturated carbocycles. The lowest BCUT2D eigenvalue weighted by molar-refractivity contribution is -0.169. The van der Waals surface area contributed by atoms with Gasteiger partial charge in [0.25, 0.3) is 0 Å². The maximum absolute atomic E-state index is 12.2. The largest absolute Gasteiger partial charge is 0.468 e. The molecule has 110 valence electrons. The van der Waals surface area contributed by atoms with Crippen LogP contribution in [0.2, 0.25) is 0 Å². The highest BCUT2D eigenvalue weighted by molar-refractivity contribution is 14.1.